The van der Waals surface area contributed by atoms with Crippen LogP contribution in [0.1, 0.15) is 32.0 Å². The first-order chi connectivity index (χ1) is 6.72. The minimum atomic E-state index is 0.638. The summed E-state index contributed by atoms with van der Waals surface area (Å²) in [4.78, 5) is 7.23. The van der Waals surface area contributed by atoms with Gasteiger partial charge in [0.15, 0.2) is 0 Å². The predicted molar refractivity (Wildman–Crippen MR) is 62.2 cm³/mol. The molecule has 78 valence electrons. The molecule has 1 heterocycles. The number of nitrogens with one attached hydrogen (secondary N) is 2. The monoisotopic (exact) mass is 211 g/mol. The highest BCUT2D eigenvalue weighted by atomic mass is 32.1. The number of nitrogens with zero attached hydrogens (tertiary/aromatic N) is 1. The number of H-pyrrole nitrogens is 1. The maximum atomic E-state index is 5.02. The lowest BCUT2D eigenvalue weighted by molar-refractivity contribution is 0.741. The molecule has 1 aromatic heterocycles. The first kappa shape index (κ1) is 11.2. The molecule has 0 bridgehead atoms. The van der Waals surface area contributed by atoms with E-state index in [2.05, 4.69) is 22.2 Å². The summed E-state index contributed by atoms with van der Waals surface area (Å²) in [6.07, 6.45) is 3.70. The summed E-state index contributed by atoms with van der Waals surface area (Å²) in [7, 11) is 0. The molecule has 0 unspecified atom stereocenters. The zero-order valence-corrected chi connectivity index (χ0v) is 9.58. The van der Waals surface area contributed by atoms with Gasteiger partial charge in [0.05, 0.1) is 0 Å². The Balaban J connectivity index is 2.46. The van der Waals surface area contributed by atoms with Crippen LogP contribution >= 0.6 is 12.2 Å². The average Bonchev–Trinajstić information content (AvgIpc) is 2.11. The van der Waals surface area contributed by atoms with Crippen LogP contribution in [0.2, 0.25) is 0 Å². The van der Waals surface area contributed by atoms with E-state index in [0.717, 1.165) is 18.2 Å². The van der Waals surface area contributed by atoms with Crippen LogP contribution in [-0.2, 0) is 0 Å². The average molecular weight is 211 g/mol. The van der Waals surface area contributed by atoms with Crippen LogP contribution in [0.4, 0.5) is 5.82 Å². The van der Waals surface area contributed by atoms with Gasteiger partial charge in [0.25, 0.3) is 0 Å². The van der Waals surface area contributed by atoms with Gasteiger partial charge in [-0.25, -0.2) is 4.98 Å². The number of unbranched alkanes of at least 4 members (excludes halogenated alkanes) is 2. The number of hydrogen-bond acceptors (Lipinski definition) is 3. The first-order valence-corrected chi connectivity index (χ1v) is 5.45. The van der Waals surface area contributed by atoms with Crippen molar-refractivity contribution in [2.75, 3.05) is 11.9 Å². The third kappa shape index (κ3) is 3.87. The van der Waals surface area contributed by atoms with E-state index in [0.29, 0.717) is 4.64 Å². The van der Waals surface area contributed by atoms with E-state index in [1.807, 2.05) is 13.0 Å². The third-order valence-electron chi connectivity index (χ3n) is 1.96. The second kappa shape index (κ2) is 5.75. The Hall–Kier alpha value is -0.900. The van der Waals surface area contributed by atoms with Gasteiger partial charge in [0.1, 0.15) is 16.3 Å². The second-order valence-electron chi connectivity index (χ2n) is 3.35. The molecule has 0 aliphatic heterocycles. The number of aryl methyl sites for hydroxylation is 1. The van der Waals surface area contributed by atoms with Crippen molar-refractivity contribution in [1.82, 2.24) is 9.97 Å². The summed E-state index contributed by atoms with van der Waals surface area (Å²) in [5.74, 6) is 1.83. The zero-order valence-electron chi connectivity index (χ0n) is 8.76. The molecule has 0 fully saturated rings. The molecule has 1 aromatic rings. The minimum absolute atomic E-state index is 0.638. The molecule has 1 rings (SSSR count). The van der Waals surface area contributed by atoms with Crippen molar-refractivity contribution < 1.29 is 0 Å². The van der Waals surface area contributed by atoms with Crippen molar-refractivity contribution in [3.63, 3.8) is 0 Å². The zero-order chi connectivity index (χ0) is 10.4. The summed E-state index contributed by atoms with van der Waals surface area (Å²) in [6, 6.07) is 1.86. The van der Waals surface area contributed by atoms with Gasteiger partial charge in [0.2, 0.25) is 0 Å². The summed E-state index contributed by atoms with van der Waals surface area (Å²) >= 11 is 5.02. The Bertz CT molecular complexity index is 332. The van der Waals surface area contributed by atoms with Crippen molar-refractivity contribution in [1.29, 1.82) is 0 Å². The van der Waals surface area contributed by atoms with Gasteiger partial charge in [-0.3, -0.25) is 0 Å². The molecule has 0 saturated heterocycles. The normalized spacial score (nSPS) is 10.1. The van der Waals surface area contributed by atoms with E-state index >= 15 is 0 Å². The summed E-state index contributed by atoms with van der Waals surface area (Å²) in [5.41, 5.74) is 0. The highest BCUT2D eigenvalue weighted by Crippen LogP contribution is 2.03. The largest absolute Gasteiger partial charge is 0.372 e. The Morgan fingerprint density at radius 1 is 1.50 bits per heavy atom. The molecule has 0 spiro atoms. The SMILES string of the molecule is CCCCCNc1cc(=S)nc(C)[nH]1. The lowest BCUT2D eigenvalue weighted by atomic mass is 10.2. The van der Waals surface area contributed by atoms with Crippen LogP contribution in [0.15, 0.2) is 6.07 Å². The van der Waals surface area contributed by atoms with Gasteiger partial charge in [-0.15, -0.1) is 0 Å². The third-order valence-corrected chi connectivity index (χ3v) is 2.17. The lowest BCUT2D eigenvalue weighted by Crippen LogP contribution is -2.04. The molecule has 0 aliphatic carbocycles. The molecule has 2 N–H and O–H groups in total. The Labute approximate surface area is 90.0 Å². The summed E-state index contributed by atoms with van der Waals surface area (Å²) in [5, 5.41) is 3.30. The molecule has 3 nitrogen and oxygen atoms in total. The van der Waals surface area contributed by atoms with Crippen molar-refractivity contribution in [3.05, 3.63) is 16.5 Å². The van der Waals surface area contributed by atoms with Crippen molar-refractivity contribution in [2.45, 2.75) is 33.1 Å². The quantitative estimate of drug-likeness (QED) is 0.581. The van der Waals surface area contributed by atoms with E-state index in [-0.39, 0.29) is 0 Å². The smallest absolute Gasteiger partial charge is 0.131 e. The predicted octanol–water partition coefficient (Wildman–Crippen LogP) is 3.05. The highest BCUT2D eigenvalue weighted by Gasteiger charge is 1.93. The van der Waals surface area contributed by atoms with Gasteiger partial charge in [-0.05, 0) is 13.3 Å². The highest BCUT2D eigenvalue weighted by molar-refractivity contribution is 7.71. The molecule has 14 heavy (non-hydrogen) atoms. The Morgan fingerprint density at radius 3 is 2.93 bits per heavy atom. The van der Waals surface area contributed by atoms with Crippen molar-refractivity contribution in [2.24, 2.45) is 0 Å². The van der Waals surface area contributed by atoms with Crippen molar-refractivity contribution in [3.8, 4) is 0 Å². The van der Waals surface area contributed by atoms with Crippen LogP contribution in [-0.4, -0.2) is 16.5 Å². The van der Waals surface area contributed by atoms with Gasteiger partial charge in [-0.2, -0.15) is 0 Å². The van der Waals surface area contributed by atoms with E-state index in [4.69, 9.17) is 12.2 Å². The molecular weight excluding hydrogens is 194 g/mol. The van der Waals surface area contributed by atoms with Gasteiger partial charge < -0.3 is 10.3 Å². The molecule has 0 atom stereocenters. The van der Waals surface area contributed by atoms with Crippen LogP contribution in [0.5, 0.6) is 0 Å². The first-order valence-electron chi connectivity index (χ1n) is 5.04. The fourth-order valence-electron chi connectivity index (χ4n) is 1.27. The summed E-state index contributed by atoms with van der Waals surface area (Å²) < 4.78 is 0.638. The maximum absolute atomic E-state index is 5.02. The number of aromatic nitrogens is 2. The standard InChI is InChI=1S/C10H17N3S/c1-3-4-5-6-11-9-7-10(14)13-8(2)12-9/h7H,3-6H2,1-2H3,(H2,11,12,13,14). The van der Waals surface area contributed by atoms with E-state index in [1.165, 1.54) is 19.3 Å². The maximum Gasteiger partial charge on any atom is 0.131 e. The topological polar surface area (TPSA) is 40.7 Å². The van der Waals surface area contributed by atoms with Gasteiger partial charge in [-0.1, -0.05) is 32.0 Å². The fraction of sp³-hybridized carbons (Fsp3) is 0.600. The summed E-state index contributed by atoms with van der Waals surface area (Å²) in [6.45, 7) is 5.10. The lowest BCUT2D eigenvalue weighted by Gasteiger charge is -2.06. The molecule has 0 aromatic carbocycles. The van der Waals surface area contributed by atoms with Gasteiger partial charge in [0, 0.05) is 12.6 Å². The van der Waals surface area contributed by atoms with Crippen molar-refractivity contribution >= 4 is 18.0 Å². The number of aromatic amines is 1. The number of hydrogen-bond donors (Lipinski definition) is 2. The molecule has 0 saturated carbocycles. The Kier molecular flexibility index (Phi) is 4.59. The van der Waals surface area contributed by atoms with Crippen LogP contribution in [0, 0.1) is 11.6 Å². The van der Waals surface area contributed by atoms with E-state index < -0.39 is 0 Å². The fourth-order valence-corrected chi connectivity index (χ4v) is 1.53. The molecule has 0 aliphatic rings. The number of anilines is 1. The molecule has 0 amide bonds. The van der Waals surface area contributed by atoms with E-state index in [9.17, 15) is 0 Å². The van der Waals surface area contributed by atoms with Crippen LogP contribution in [0.25, 0.3) is 0 Å². The van der Waals surface area contributed by atoms with Crippen LogP contribution < -0.4 is 5.32 Å². The minimum Gasteiger partial charge on any atom is -0.372 e. The number of rotatable bonds is 5. The van der Waals surface area contributed by atoms with Gasteiger partial charge >= 0.3 is 0 Å². The molecule has 0 radical (unpaired) electrons. The Morgan fingerprint density at radius 2 is 2.29 bits per heavy atom. The molecular formula is C10H17N3S. The second-order valence-corrected chi connectivity index (χ2v) is 3.77. The van der Waals surface area contributed by atoms with E-state index in [1.54, 1.807) is 0 Å². The molecule has 4 heteroatoms. The van der Waals surface area contributed by atoms with Crippen LogP contribution in [0.3, 0.4) is 0 Å².